The number of allylic oxidation sites excluding steroid dienone is 1. The van der Waals surface area contributed by atoms with E-state index in [0.717, 1.165) is 57.6 Å². The zero-order valence-electron chi connectivity index (χ0n) is 30.4. The number of rotatable bonds is 4. The van der Waals surface area contributed by atoms with Crippen LogP contribution < -0.4 is 5.32 Å². The van der Waals surface area contributed by atoms with Crippen molar-refractivity contribution in [2.45, 2.75) is 18.9 Å². The van der Waals surface area contributed by atoms with E-state index in [4.69, 9.17) is 9.41 Å². The fourth-order valence-electron chi connectivity index (χ4n) is 8.96. The molecule has 0 saturated heterocycles. The Bertz CT molecular complexity index is 3360. The maximum Gasteiger partial charge on any atom is 0.136 e. The summed E-state index contributed by atoms with van der Waals surface area (Å²) >= 11 is 1.90. The van der Waals surface area contributed by atoms with Crippen LogP contribution in [-0.2, 0) is 6.42 Å². The molecular weight excluding hydrogens is 701 g/mol. The summed E-state index contributed by atoms with van der Waals surface area (Å²) in [7, 11) is 0. The second-order valence-corrected chi connectivity index (χ2v) is 16.1. The average molecular weight is 735 g/mol. The number of aliphatic imine (C=N–C) groups is 1. The van der Waals surface area contributed by atoms with E-state index in [1.54, 1.807) is 0 Å². The fourth-order valence-corrected chi connectivity index (χ4v) is 10.2. The van der Waals surface area contributed by atoms with Crippen LogP contribution in [0.5, 0.6) is 0 Å². The molecule has 3 heterocycles. The molecule has 1 aliphatic carbocycles. The molecule has 2 aromatic heterocycles. The maximum absolute atomic E-state index is 6.56. The second kappa shape index (κ2) is 12.4. The summed E-state index contributed by atoms with van der Waals surface area (Å²) in [6, 6.07) is 54.8. The van der Waals surface area contributed by atoms with E-state index in [0.29, 0.717) is 0 Å². The van der Waals surface area contributed by atoms with Gasteiger partial charge in [-0.05, 0) is 116 Å². The van der Waals surface area contributed by atoms with Gasteiger partial charge in [0.2, 0.25) is 0 Å². The number of thiophene rings is 1. The van der Waals surface area contributed by atoms with Gasteiger partial charge >= 0.3 is 0 Å². The van der Waals surface area contributed by atoms with Crippen LogP contribution in [-0.4, -0.2) is 5.84 Å². The van der Waals surface area contributed by atoms with Gasteiger partial charge in [0.05, 0.1) is 11.7 Å². The average Bonchev–Trinajstić information content (AvgIpc) is 3.84. The SMILES string of the molecule is C1=Cc2sc3cc(C4=CC(c5ccc6c(c5)oc5ccc7ccccc7c56)NC(c5ccc6ccccc6c5)=N4)cc(-c4ccc5ccccc5c4)c3c2CC1. The number of nitrogens with one attached hydrogen (secondary N) is 1. The molecule has 12 rings (SSSR count). The van der Waals surface area contributed by atoms with Gasteiger partial charge in [-0.2, -0.15) is 0 Å². The molecule has 0 spiro atoms. The molecule has 4 heteroatoms. The minimum atomic E-state index is -0.141. The van der Waals surface area contributed by atoms with Crippen LogP contribution in [0.2, 0.25) is 0 Å². The Morgan fingerprint density at radius 3 is 2.16 bits per heavy atom. The highest BCUT2D eigenvalue weighted by Crippen LogP contribution is 2.44. The van der Waals surface area contributed by atoms with Gasteiger partial charge in [-0.15, -0.1) is 11.3 Å². The molecule has 1 aliphatic heterocycles. The lowest BCUT2D eigenvalue weighted by Gasteiger charge is -2.25. The molecule has 0 fully saturated rings. The summed E-state index contributed by atoms with van der Waals surface area (Å²) in [5.74, 6) is 0.856. The highest BCUT2D eigenvalue weighted by atomic mass is 32.1. The van der Waals surface area contributed by atoms with Crippen molar-refractivity contribution in [2.75, 3.05) is 0 Å². The van der Waals surface area contributed by atoms with Crippen molar-refractivity contribution in [3.8, 4) is 11.1 Å². The summed E-state index contributed by atoms with van der Waals surface area (Å²) in [4.78, 5) is 6.81. The van der Waals surface area contributed by atoms with Crippen LogP contribution in [0.3, 0.4) is 0 Å². The first-order chi connectivity index (χ1) is 27.7. The summed E-state index contributed by atoms with van der Waals surface area (Å²) in [5, 5.41) is 14.8. The number of furan rings is 1. The predicted molar refractivity (Wildman–Crippen MR) is 238 cm³/mol. The summed E-state index contributed by atoms with van der Waals surface area (Å²) in [5.41, 5.74) is 10.0. The van der Waals surface area contributed by atoms with E-state index in [1.165, 1.54) is 69.4 Å². The third-order valence-corrected chi connectivity index (χ3v) is 12.9. The van der Waals surface area contributed by atoms with Crippen LogP contribution in [0.15, 0.2) is 173 Å². The Kier molecular flexibility index (Phi) is 6.99. The molecule has 10 aromatic rings. The van der Waals surface area contributed by atoms with E-state index in [1.807, 2.05) is 11.3 Å². The quantitative estimate of drug-likeness (QED) is 0.195. The van der Waals surface area contributed by atoms with Crippen LogP contribution in [0.1, 0.15) is 39.6 Å². The number of amidine groups is 1. The number of aryl methyl sites for hydroxylation is 1. The van der Waals surface area contributed by atoms with Gasteiger partial charge in [0.25, 0.3) is 0 Å². The zero-order chi connectivity index (χ0) is 36.7. The van der Waals surface area contributed by atoms with Gasteiger partial charge in [0.1, 0.15) is 17.0 Å². The Hall–Kier alpha value is -6.75. The maximum atomic E-state index is 6.56. The van der Waals surface area contributed by atoms with Crippen molar-refractivity contribution in [3.63, 3.8) is 0 Å². The molecular formula is C52H34N2OS. The van der Waals surface area contributed by atoms with Crippen molar-refractivity contribution in [1.82, 2.24) is 5.32 Å². The molecule has 0 saturated carbocycles. The molecule has 2 aliphatic rings. The Morgan fingerprint density at radius 2 is 1.32 bits per heavy atom. The molecule has 264 valence electrons. The van der Waals surface area contributed by atoms with E-state index in [2.05, 4.69) is 175 Å². The molecule has 0 amide bonds. The largest absolute Gasteiger partial charge is 0.456 e. The molecule has 0 radical (unpaired) electrons. The van der Waals surface area contributed by atoms with Gasteiger partial charge in [0.15, 0.2) is 0 Å². The molecule has 1 N–H and O–H groups in total. The van der Waals surface area contributed by atoms with Gasteiger partial charge in [0, 0.05) is 36.9 Å². The third-order valence-electron chi connectivity index (χ3n) is 11.7. The highest BCUT2D eigenvalue weighted by Gasteiger charge is 2.24. The van der Waals surface area contributed by atoms with E-state index >= 15 is 0 Å². The van der Waals surface area contributed by atoms with Crippen LogP contribution in [0.4, 0.5) is 0 Å². The van der Waals surface area contributed by atoms with Gasteiger partial charge in [-0.3, -0.25) is 0 Å². The van der Waals surface area contributed by atoms with Gasteiger partial charge in [-0.25, -0.2) is 4.99 Å². The monoisotopic (exact) mass is 734 g/mol. The lowest BCUT2D eigenvalue weighted by atomic mass is 9.91. The molecule has 1 atom stereocenters. The standard InChI is InChI=1S/C52H34N2OS/c1-3-12-34-25-36(19-17-31(34)9-1)43-27-39(29-49-51(43)42-15-7-8-16-48(42)56-49)45-30-44(53-52(54-45)38-20-18-32-10-2-4-13-35(32)26-38)37-21-23-41-47(28-37)55-46-24-22-33-11-5-6-14-40(33)50(41)46/h1-6,8-14,16-30,44H,7,15H2,(H,53,54). The van der Waals surface area contributed by atoms with Gasteiger partial charge < -0.3 is 9.73 Å². The Balaban J connectivity index is 1.06. The first-order valence-electron chi connectivity index (χ1n) is 19.4. The van der Waals surface area contributed by atoms with Crippen molar-refractivity contribution >= 4 is 93.3 Å². The summed E-state index contributed by atoms with van der Waals surface area (Å²) in [6.45, 7) is 0. The highest BCUT2D eigenvalue weighted by molar-refractivity contribution is 7.20. The Labute approximate surface area is 327 Å². The number of nitrogens with zero attached hydrogens (tertiary/aromatic N) is 1. The van der Waals surface area contributed by atoms with Crippen LogP contribution in [0, 0.1) is 0 Å². The van der Waals surface area contributed by atoms with Crippen molar-refractivity contribution < 1.29 is 4.42 Å². The fraction of sp³-hybridized carbons (Fsp3) is 0.0577. The van der Waals surface area contributed by atoms with Crippen molar-refractivity contribution in [1.29, 1.82) is 0 Å². The number of hydrogen-bond acceptors (Lipinski definition) is 4. The van der Waals surface area contributed by atoms with Crippen LogP contribution in [0.25, 0.3) is 87.2 Å². The van der Waals surface area contributed by atoms with Crippen LogP contribution >= 0.6 is 11.3 Å². The number of benzene rings is 8. The number of fused-ring (bicyclic) bond motifs is 10. The van der Waals surface area contributed by atoms with E-state index < -0.39 is 0 Å². The molecule has 56 heavy (non-hydrogen) atoms. The lowest BCUT2D eigenvalue weighted by Crippen LogP contribution is -2.31. The Morgan fingerprint density at radius 1 is 0.589 bits per heavy atom. The summed E-state index contributed by atoms with van der Waals surface area (Å²) < 4.78 is 7.87. The van der Waals surface area contributed by atoms with E-state index in [9.17, 15) is 0 Å². The first kappa shape index (κ1) is 31.6. The minimum absolute atomic E-state index is 0.141. The molecule has 8 aromatic carbocycles. The normalized spacial score (nSPS) is 15.5. The zero-order valence-corrected chi connectivity index (χ0v) is 31.2. The second-order valence-electron chi connectivity index (χ2n) is 15.1. The smallest absolute Gasteiger partial charge is 0.136 e. The topological polar surface area (TPSA) is 37.5 Å². The predicted octanol–water partition coefficient (Wildman–Crippen LogP) is 14.0. The molecule has 1 unspecified atom stereocenters. The third kappa shape index (κ3) is 5.07. The first-order valence-corrected chi connectivity index (χ1v) is 20.2. The van der Waals surface area contributed by atoms with Crippen molar-refractivity contribution in [3.05, 3.63) is 191 Å². The number of hydrogen-bond donors (Lipinski definition) is 1. The summed E-state index contributed by atoms with van der Waals surface area (Å²) in [6.07, 6.45) is 9.06. The van der Waals surface area contributed by atoms with Gasteiger partial charge in [-0.1, -0.05) is 121 Å². The minimum Gasteiger partial charge on any atom is -0.456 e. The molecule has 3 nitrogen and oxygen atoms in total. The molecule has 0 bridgehead atoms. The lowest BCUT2D eigenvalue weighted by molar-refractivity contribution is 0.666. The van der Waals surface area contributed by atoms with Crippen molar-refractivity contribution in [2.24, 2.45) is 4.99 Å². The van der Waals surface area contributed by atoms with E-state index in [-0.39, 0.29) is 6.04 Å².